The summed E-state index contributed by atoms with van der Waals surface area (Å²) in [6.07, 6.45) is -8.31. The molecule has 2 fully saturated rings. The smallest absolute Gasteiger partial charge is 0.352 e. The Bertz CT molecular complexity index is 1020. The van der Waals surface area contributed by atoms with Crippen LogP contribution < -0.4 is 5.32 Å². The fraction of sp³-hybridized carbons (Fsp3) is 0.682. The van der Waals surface area contributed by atoms with Crippen LogP contribution in [0, 0.1) is 11.7 Å². The van der Waals surface area contributed by atoms with E-state index in [1.54, 1.807) is 0 Å². The molecule has 36 heavy (non-hydrogen) atoms. The van der Waals surface area contributed by atoms with E-state index < -0.39 is 63.4 Å². The maximum Gasteiger partial charge on any atom is 0.416 e. The van der Waals surface area contributed by atoms with E-state index in [2.05, 4.69) is 5.32 Å². The van der Waals surface area contributed by atoms with E-state index in [-0.39, 0.29) is 19.0 Å². The number of carbonyl (C=O) groups excluding carboxylic acids is 1. The van der Waals surface area contributed by atoms with Crippen molar-refractivity contribution in [2.24, 2.45) is 5.92 Å². The van der Waals surface area contributed by atoms with Gasteiger partial charge in [-0.15, -0.1) is 0 Å². The molecular weight excluding hydrogens is 519 g/mol. The lowest BCUT2D eigenvalue weighted by Gasteiger charge is -2.35. The molecule has 0 radical (unpaired) electrons. The molecule has 0 bridgehead atoms. The Kier molecular flexibility index (Phi) is 8.92. The average Bonchev–Trinajstić information content (AvgIpc) is 3.25. The SMILES string of the molecule is O=C(NCC1CCN(C[C@@H]2CCCN2S(=O)(=O)CCC(F)(F)F)CC1)c1cc(F)cc(C(F)(F)F)c1. The van der Waals surface area contributed by atoms with Crippen molar-refractivity contribution >= 4 is 15.9 Å². The van der Waals surface area contributed by atoms with Gasteiger partial charge in [0.05, 0.1) is 17.7 Å². The van der Waals surface area contributed by atoms with Crippen LogP contribution in [0.3, 0.4) is 0 Å². The fourth-order valence-electron chi connectivity index (χ4n) is 4.61. The van der Waals surface area contributed by atoms with Gasteiger partial charge in [0.2, 0.25) is 10.0 Å². The van der Waals surface area contributed by atoms with Crippen molar-refractivity contribution in [1.29, 1.82) is 0 Å². The number of hydrogen-bond acceptors (Lipinski definition) is 4. The van der Waals surface area contributed by atoms with Crippen LogP contribution in [0.2, 0.25) is 0 Å². The molecule has 3 rings (SSSR count). The number of rotatable bonds is 8. The van der Waals surface area contributed by atoms with Crippen LogP contribution >= 0.6 is 0 Å². The third kappa shape index (κ3) is 8.04. The third-order valence-corrected chi connectivity index (χ3v) is 8.45. The van der Waals surface area contributed by atoms with Gasteiger partial charge in [0, 0.05) is 31.2 Å². The van der Waals surface area contributed by atoms with E-state index in [1.807, 2.05) is 4.90 Å². The standard InChI is InChI=1S/C22H28F7N3O3S/c23-18-11-16(10-17(12-18)22(27,28)29)20(33)30-13-15-3-7-31(8-4-15)14-19-2-1-6-32(19)36(34,35)9-5-21(24,25)26/h10-12,15,19H,1-9,13-14H2,(H,30,33)/t19-/m0/s1. The molecule has 0 unspecified atom stereocenters. The highest BCUT2D eigenvalue weighted by molar-refractivity contribution is 7.89. The van der Waals surface area contributed by atoms with Crippen molar-refractivity contribution in [2.75, 3.05) is 38.5 Å². The zero-order chi connectivity index (χ0) is 26.7. The van der Waals surface area contributed by atoms with E-state index in [0.29, 0.717) is 57.5 Å². The molecule has 1 N–H and O–H groups in total. The van der Waals surface area contributed by atoms with Gasteiger partial charge < -0.3 is 10.2 Å². The quantitative estimate of drug-likeness (QED) is 0.499. The normalized spacial score (nSPS) is 21.1. The number of amides is 1. The number of hydrogen-bond donors (Lipinski definition) is 1. The first kappa shape index (κ1) is 28.6. The molecular formula is C22H28F7N3O3S. The highest BCUT2D eigenvalue weighted by atomic mass is 32.2. The molecule has 2 aliphatic rings. The lowest BCUT2D eigenvalue weighted by Crippen LogP contribution is -2.47. The molecule has 1 atom stereocenters. The zero-order valence-corrected chi connectivity index (χ0v) is 20.2. The van der Waals surface area contributed by atoms with Gasteiger partial charge in [-0.05, 0) is 62.9 Å². The van der Waals surface area contributed by atoms with Crippen LogP contribution in [0.15, 0.2) is 18.2 Å². The summed E-state index contributed by atoms with van der Waals surface area (Å²) in [6.45, 7) is 1.93. The van der Waals surface area contributed by atoms with Gasteiger partial charge in [0.1, 0.15) is 5.82 Å². The number of sulfonamides is 1. The van der Waals surface area contributed by atoms with Crippen LogP contribution in [-0.2, 0) is 16.2 Å². The highest BCUT2D eigenvalue weighted by Gasteiger charge is 2.38. The van der Waals surface area contributed by atoms with Crippen molar-refractivity contribution in [1.82, 2.24) is 14.5 Å². The Balaban J connectivity index is 1.47. The van der Waals surface area contributed by atoms with Crippen LogP contribution in [0.5, 0.6) is 0 Å². The molecule has 1 aromatic rings. The molecule has 2 saturated heterocycles. The van der Waals surface area contributed by atoms with Crippen molar-refractivity contribution in [3.8, 4) is 0 Å². The van der Waals surface area contributed by atoms with Crippen LogP contribution in [-0.4, -0.2) is 74.2 Å². The van der Waals surface area contributed by atoms with Gasteiger partial charge in [-0.3, -0.25) is 4.79 Å². The topological polar surface area (TPSA) is 69.7 Å². The number of alkyl halides is 6. The summed E-state index contributed by atoms with van der Waals surface area (Å²) in [4.78, 5) is 14.3. The fourth-order valence-corrected chi connectivity index (χ4v) is 6.37. The Morgan fingerprint density at radius 3 is 2.28 bits per heavy atom. The molecule has 14 heteroatoms. The van der Waals surface area contributed by atoms with E-state index in [0.717, 1.165) is 6.07 Å². The Labute approximate surface area is 204 Å². The number of carbonyl (C=O) groups is 1. The van der Waals surface area contributed by atoms with E-state index in [9.17, 15) is 43.9 Å². The number of benzene rings is 1. The zero-order valence-electron chi connectivity index (χ0n) is 19.3. The second kappa shape index (κ2) is 11.2. The van der Waals surface area contributed by atoms with Crippen molar-refractivity contribution < 1.29 is 43.9 Å². The first-order valence-electron chi connectivity index (χ1n) is 11.6. The summed E-state index contributed by atoms with van der Waals surface area (Å²) in [5, 5.41) is 2.54. The van der Waals surface area contributed by atoms with E-state index in [1.165, 1.54) is 4.31 Å². The van der Waals surface area contributed by atoms with E-state index in [4.69, 9.17) is 0 Å². The maximum atomic E-state index is 13.5. The highest BCUT2D eigenvalue weighted by Crippen LogP contribution is 2.31. The minimum Gasteiger partial charge on any atom is -0.352 e. The van der Waals surface area contributed by atoms with Crippen molar-refractivity contribution in [2.45, 2.75) is 50.5 Å². The summed E-state index contributed by atoms with van der Waals surface area (Å²) < 4.78 is 116. The number of likely N-dealkylation sites (tertiary alicyclic amines) is 1. The third-order valence-electron chi connectivity index (χ3n) is 6.54. The summed E-state index contributed by atoms with van der Waals surface area (Å²) in [5.74, 6) is -2.92. The number of halogens is 7. The van der Waals surface area contributed by atoms with E-state index >= 15 is 0 Å². The molecule has 0 aliphatic carbocycles. The first-order chi connectivity index (χ1) is 16.6. The summed E-state index contributed by atoms with van der Waals surface area (Å²) >= 11 is 0. The number of nitrogens with zero attached hydrogens (tertiary/aromatic N) is 2. The van der Waals surface area contributed by atoms with Crippen LogP contribution in [0.4, 0.5) is 30.7 Å². The summed E-state index contributed by atoms with van der Waals surface area (Å²) in [6, 6.07) is 1.26. The minimum absolute atomic E-state index is 0.0241. The molecule has 0 spiro atoms. The molecule has 1 aromatic carbocycles. The first-order valence-corrected chi connectivity index (χ1v) is 13.2. The molecule has 0 saturated carbocycles. The molecule has 6 nitrogen and oxygen atoms in total. The monoisotopic (exact) mass is 547 g/mol. The lowest BCUT2D eigenvalue weighted by atomic mass is 9.96. The van der Waals surface area contributed by atoms with Gasteiger partial charge in [0.15, 0.2) is 0 Å². The molecule has 2 heterocycles. The predicted molar refractivity (Wildman–Crippen MR) is 117 cm³/mol. The van der Waals surface area contributed by atoms with Gasteiger partial charge in [-0.25, -0.2) is 12.8 Å². The Morgan fingerprint density at radius 2 is 1.67 bits per heavy atom. The summed E-state index contributed by atoms with van der Waals surface area (Å²) in [5.41, 5.74) is -1.67. The molecule has 1 amide bonds. The van der Waals surface area contributed by atoms with Crippen LogP contribution in [0.1, 0.15) is 48.0 Å². The van der Waals surface area contributed by atoms with Crippen molar-refractivity contribution in [3.63, 3.8) is 0 Å². The Hall–Kier alpha value is -1.93. The Morgan fingerprint density at radius 1 is 1.00 bits per heavy atom. The predicted octanol–water partition coefficient (Wildman–Crippen LogP) is 4.03. The minimum atomic E-state index is -4.78. The van der Waals surface area contributed by atoms with Crippen LogP contribution in [0.25, 0.3) is 0 Å². The van der Waals surface area contributed by atoms with Gasteiger partial charge >= 0.3 is 12.4 Å². The molecule has 2 aliphatic heterocycles. The largest absolute Gasteiger partial charge is 0.416 e. The molecule has 0 aromatic heterocycles. The lowest BCUT2D eigenvalue weighted by molar-refractivity contribution is -0.137. The van der Waals surface area contributed by atoms with Gasteiger partial charge in [-0.2, -0.15) is 30.6 Å². The second-order valence-corrected chi connectivity index (χ2v) is 11.3. The number of piperidine rings is 1. The maximum absolute atomic E-state index is 13.5. The summed E-state index contributed by atoms with van der Waals surface area (Å²) in [7, 11) is -4.02. The molecule has 204 valence electrons. The van der Waals surface area contributed by atoms with Crippen molar-refractivity contribution in [3.05, 3.63) is 35.1 Å². The van der Waals surface area contributed by atoms with Gasteiger partial charge in [0.25, 0.3) is 5.91 Å². The average molecular weight is 548 g/mol. The van der Waals surface area contributed by atoms with Gasteiger partial charge in [-0.1, -0.05) is 0 Å². The second-order valence-electron chi connectivity index (χ2n) is 9.27. The number of nitrogens with one attached hydrogen (secondary N) is 1.